The molecule has 0 atom stereocenters. The lowest BCUT2D eigenvalue weighted by molar-refractivity contribution is 0.332. The molecule has 0 amide bonds. The zero-order valence-electron chi connectivity index (χ0n) is 59.8. The summed E-state index contributed by atoms with van der Waals surface area (Å²) in [6, 6.07) is 31.9. The van der Waals surface area contributed by atoms with Crippen LogP contribution in [0.25, 0.3) is 61.0 Å². The second kappa shape index (κ2) is 18.9. The van der Waals surface area contributed by atoms with E-state index < -0.39 is 35.0 Å². The number of anilines is 4. The van der Waals surface area contributed by atoms with Crippen LogP contribution in [0.15, 0.2) is 188 Å². The lowest BCUT2D eigenvalue weighted by Crippen LogP contribution is -2.33. The number of nitrogens with zero attached hydrogens (tertiary/aromatic N) is 4. The number of rotatable bonds is 8. The number of para-hydroxylation sites is 3. The van der Waals surface area contributed by atoms with E-state index in [1.807, 2.05) is 99.6 Å². The summed E-state index contributed by atoms with van der Waals surface area (Å²) < 4.78 is 121. The molecule has 0 N–H and O–H groups in total. The van der Waals surface area contributed by atoms with Gasteiger partial charge in [-0.05, 0) is 157 Å². The predicted octanol–water partition coefficient (Wildman–Crippen LogP) is 20.5. The van der Waals surface area contributed by atoms with Crippen LogP contribution in [-0.4, -0.2) is 16.2 Å². The maximum absolute atomic E-state index is 10.1. The molecule has 1 aliphatic heterocycles. The molecule has 1 aliphatic carbocycles. The van der Waals surface area contributed by atoms with Gasteiger partial charge in [-0.1, -0.05) is 193 Å². The number of aromatic nitrogens is 2. The van der Waals surface area contributed by atoms with Crippen LogP contribution in [0, 0.1) is 0 Å². The molecular formula is C74H76N4O. The highest BCUT2D eigenvalue weighted by Gasteiger charge is 2.38. The highest BCUT2D eigenvalue weighted by molar-refractivity contribution is 6.09. The summed E-state index contributed by atoms with van der Waals surface area (Å²) in [5, 5.41) is 0.990. The smallest absolute Gasteiger partial charge is 0.137 e. The molecule has 2 aliphatic rings. The zero-order valence-corrected chi connectivity index (χ0v) is 47.8. The second-order valence-electron chi connectivity index (χ2n) is 25.9. The van der Waals surface area contributed by atoms with Gasteiger partial charge in [-0.25, -0.2) is 4.98 Å². The van der Waals surface area contributed by atoms with Gasteiger partial charge in [-0.2, -0.15) is 0 Å². The van der Waals surface area contributed by atoms with Crippen LogP contribution in [0.1, 0.15) is 147 Å². The van der Waals surface area contributed by atoms with E-state index in [4.69, 9.17) is 16.6 Å². The topological polar surface area (TPSA) is 33.5 Å². The molecule has 0 saturated carbocycles. The number of hydrogen-bond donors (Lipinski definition) is 0. The molecule has 398 valence electrons. The molecule has 3 heterocycles. The van der Waals surface area contributed by atoms with E-state index in [0.29, 0.717) is 50.4 Å². The Morgan fingerprint density at radius 1 is 0.481 bits per heavy atom. The lowest BCUT2D eigenvalue weighted by Gasteiger charge is -2.42. The van der Waals surface area contributed by atoms with E-state index in [0.717, 1.165) is 52.2 Å². The Morgan fingerprint density at radius 3 is 1.77 bits per heavy atom. The van der Waals surface area contributed by atoms with Gasteiger partial charge < -0.3 is 14.5 Å². The quantitative estimate of drug-likeness (QED) is 0.152. The van der Waals surface area contributed by atoms with Gasteiger partial charge in [-0.15, -0.1) is 0 Å². The molecule has 5 heteroatoms. The molecule has 5 nitrogen and oxygen atoms in total. The molecule has 0 spiro atoms. The van der Waals surface area contributed by atoms with Crippen molar-refractivity contribution in [2.75, 3.05) is 16.5 Å². The second-order valence-corrected chi connectivity index (χ2v) is 25.9. The minimum absolute atomic E-state index is 0.0280. The van der Waals surface area contributed by atoms with Crippen LogP contribution < -0.4 is 14.5 Å². The fraction of sp³-hybridized carbons (Fsp3) is 0.284. The third kappa shape index (κ3) is 9.49. The van der Waals surface area contributed by atoms with Crippen molar-refractivity contribution < 1.29 is 21.2 Å². The Morgan fingerprint density at radius 2 is 1.09 bits per heavy atom. The van der Waals surface area contributed by atoms with Crippen molar-refractivity contribution in [1.82, 2.24) is 9.55 Å². The molecule has 79 heavy (non-hydrogen) atoms. The van der Waals surface area contributed by atoms with Crippen molar-refractivity contribution in [1.29, 1.82) is 0 Å². The first-order valence-electron chi connectivity index (χ1n) is 33.5. The maximum Gasteiger partial charge on any atom is 0.137 e. The van der Waals surface area contributed by atoms with Crippen molar-refractivity contribution >= 4 is 44.6 Å². The van der Waals surface area contributed by atoms with E-state index in [1.54, 1.807) is 16.8 Å². The van der Waals surface area contributed by atoms with E-state index in [1.165, 1.54) is 11.1 Å². The van der Waals surface area contributed by atoms with Crippen molar-refractivity contribution in [3.8, 4) is 50.7 Å². The fourth-order valence-electron chi connectivity index (χ4n) is 11.4. The Labute approximate surface area is 486 Å². The standard InChI is InChI=1S/C74H76N4O/c1-70(2,3)52-32-29-49(30-33-52)48-25-27-50(28-26-48)60-42-54(72(7,8)9)43-61(51-31-36-62-63(41-51)74(12,13)39-38-73(62,10)11)69(60)77-47-76(65-23-16-17-24-66(65)77)55-19-18-20-56(45-55)79-57-34-35-59-58-21-14-15-22-64(58)78(67(59)46-57)68-44-53(37-40-75-68)71(4,5)6/h14-37,40-46H,38-39,47H2,1-13H3/i14D,15D,21D,22D,25D,26D,27D,28D,29D,30D,32D,33D. The molecule has 10 aromatic rings. The number of pyridine rings is 1. The zero-order chi connectivity index (χ0) is 65.8. The third-order valence-electron chi connectivity index (χ3n) is 16.3. The summed E-state index contributed by atoms with van der Waals surface area (Å²) in [7, 11) is 0. The predicted molar refractivity (Wildman–Crippen MR) is 335 cm³/mol. The largest absolute Gasteiger partial charge is 0.457 e. The highest BCUT2D eigenvalue weighted by atomic mass is 16.5. The van der Waals surface area contributed by atoms with Gasteiger partial charge in [-0.3, -0.25) is 4.57 Å². The Kier molecular flexibility index (Phi) is 9.44. The van der Waals surface area contributed by atoms with Gasteiger partial charge in [0, 0.05) is 45.9 Å². The van der Waals surface area contributed by atoms with E-state index in [-0.39, 0.29) is 93.5 Å². The number of ether oxygens (including phenoxy) is 1. The van der Waals surface area contributed by atoms with Crippen molar-refractivity contribution in [2.45, 2.75) is 130 Å². The summed E-state index contributed by atoms with van der Waals surface area (Å²) in [5.41, 5.74) is 8.44. The summed E-state index contributed by atoms with van der Waals surface area (Å²) >= 11 is 0. The molecule has 0 unspecified atom stereocenters. The highest BCUT2D eigenvalue weighted by Crippen LogP contribution is 2.54. The monoisotopic (exact) mass is 1050 g/mol. The first-order chi connectivity index (χ1) is 42.5. The number of benzene rings is 8. The van der Waals surface area contributed by atoms with Gasteiger partial charge in [0.2, 0.25) is 0 Å². The first kappa shape index (κ1) is 39.5. The van der Waals surface area contributed by atoms with E-state index >= 15 is 0 Å². The maximum atomic E-state index is 10.1. The Hall–Kier alpha value is -7.89. The average molecular weight is 1050 g/mol. The lowest BCUT2D eigenvalue weighted by atomic mass is 9.63. The molecule has 12 rings (SSSR count). The normalized spacial score (nSPS) is 17.3. The van der Waals surface area contributed by atoms with Crippen LogP contribution in [0.2, 0.25) is 0 Å². The minimum Gasteiger partial charge on any atom is -0.457 e. The molecule has 0 bridgehead atoms. The number of hydrogen-bond acceptors (Lipinski definition) is 4. The number of fused-ring (bicyclic) bond motifs is 5. The summed E-state index contributed by atoms with van der Waals surface area (Å²) in [5.74, 6) is 1.46. The average Bonchev–Trinajstić information content (AvgIpc) is 1.70. The molecule has 0 radical (unpaired) electrons. The SMILES string of the molecule is [2H]c1c([2H])c(-c2c([2H])c([2H])c(C(C)(C)C)c([2H])c2[2H])c([2H])c([2H])c1-c1cc(C(C)(C)C)cc(-c2ccc3c(c2)C(C)(C)CCC3(C)C)c1N1CN(c2cccc(Oc3ccc4c5c([2H])c([2H])c([2H])c([2H])c5n(-c5cc(C(C)(C)C)ccn5)c4c3)c2)c2ccccc21. The fourth-order valence-corrected chi connectivity index (χ4v) is 11.4. The van der Waals surface area contributed by atoms with Crippen LogP contribution in [0.5, 0.6) is 11.5 Å². The van der Waals surface area contributed by atoms with E-state index in [2.05, 4.69) is 103 Å². The Balaban J connectivity index is 1.04. The van der Waals surface area contributed by atoms with Crippen LogP contribution in [0.4, 0.5) is 22.7 Å². The Bertz CT molecular complexity index is 4660. The van der Waals surface area contributed by atoms with Gasteiger partial charge >= 0.3 is 0 Å². The summed E-state index contributed by atoms with van der Waals surface area (Å²) in [6.45, 7) is 27.5. The molecule has 0 saturated heterocycles. The van der Waals surface area contributed by atoms with Crippen molar-refractivity contribution in [2.24, 2.45) is 0 Å². The molecule has 2 aromatic heterocycles. The molecule has 0 fully saturated rings. The van der Waals surface area contributed by atoms with Crippen LogP contribution in [-0.2, 0) is 27.1 Å². The molecular weight excluding hydrogens is 961 g/mol. The van der Waals surface area contributed by atoms with Gasteiger partial charge in [0.05, 0.1) is 44.5 Å². The first-order valence-corrected chi connectivity index (χ1v) is 27.5. The summed E-state index contributed by atoms with van der Waals surface area (Å²) in [4.78, 5) is 9.13. The minimum atomic E-state index is -0.765. The van der Waals surface area contributed by atoms with Gasteiger partial charge in [0.15, 0.2) is 0 Å². The molecule has 8 aromatic carbocycles. The summed E-state index contributed by atoms with van der Waals surface area (Å²) in [6.07, 6.45) is 3.73. The van der Waals surface area contributed by atoms with Gasteiger partial charge in [0.1, 0.15) is 24.0 Å². The van der Waals surface area contributed by atoms with Crippen LogP contribution in [0.3, 0.4) is 0 Å². The van der Waals surface area contributed by atoms with Crippen molar-refractivity contribution in [3.63, 3.8) is 0 Å². The van der Waals surface area contributed by atoms with Gasteiger partial charge in [0.25, 0.3) is 0 Å². The van der Waals surface area contributed by atoms with Crippen LogP contribution >= 0.6 is 0 Å². The van der Waals surface area contributed by atoms with E-state index in [9.17, 15) is 9.60 Å². The third-order valence-corrected chi connectivity index (χ3v) is 16.3. The van der Waals surface area contributed by atoms with Crippen molar-refractivity contribution in [3.05, 3.63) is 216 Å².